The minimum atomic E-state index is -4.53. The zero-order chi connectivity index (χ0) is 19.9. The van der Waals surface area contributed by atoms with Crippen molar-refractivity contribution in [2.24, 2.45) is 0 Å². The molecule has 28 heavy (non-hydrogen) atoms. The molecule has 1 aromatic carbocycles. The van der Waals surface area contributed by atoms with E-state index < -0.39 is 11.7 Å². The Hall–Kier alpha value is -2.59. The van der Waals surface area contributed by atoms with E-state index >= 15 is 0 Å². The molecule has 0 atom stereocenters. The highest BCUT2D eigenvalue weighted by Gasteiger charge is 2.32. The Morgan fingerprint density at radius 3 is 2.57 bits per heavy atom. The highest BCUT2D eigenvalue weighted by atomic mass is 35.5. The van der Waals surface area contributed by atoms with Crippen LogP contribution in [-0.4, -0.2) is 24.8 Å². The second-order valence-electron chi connectivity index (χ2n) is 5.91. The van der Waals surface area contributed by atoms with Gasteiger partial charge in [0.05, 0.1) is 16.3 Å². The van der Waals surface area contributed by atoms with E-state index in [1.807, 2.05) is 31.2 Å². The molecule has 0 spiro atoms. The average molecular weight is 426 g/mol. The number of nitrogens with zero attached hydrogens (tertiary/aromatic N) is 5. The molecule has 0 aliphatic rings. The van der Waals surface area contributed by atoms with Crippen molar-refractivity contribution in [2.45, 2.75) is 24.0 Å². The first-order valence-corrected chi connectivity index (χ1v) is 9.31. The Labute approximate surface area is 165 Å². The number of aryl methyl sites for hydroxylation is 1. The second-order valence-corrected chi connectivity index (χ2v) is 7.26. The molecular weight excluding hydrogens is 415 g/mol. The number of alkyl halides is 3. The quantitative estimate of drug-likeness (QED) is 0.426. The second kappa shape index (κ2) is 7.10. The third-order valence-electron chi connectivity index (χ3n) is 3.85. The van der Waals surface area contributed by atoms with Gasteiger partial charge in [0.1, 0.15) is 0 Å². The summed E-state index contributed by atoms with van der Waals surface area (Å²) in [5.41, 5.74) is 1.15. The molecule has 0 aliphatic heterocycles. The third-order valence-corrected chi connectivity index (χ3v) is 5.05. The molecule has 4 aromatic rings. The van der Waals surface area contributed by atoms with Crippen LogP contribution >= 0.6 is 23.4 Å². The standard InChI is InChI=1S/C17H11ClF3N5OS/c1-9-2-4-10(5-3-9)15-24-22-13(27-15)8-28-16-25-23-14-12(18)6-11(7-26(14)16)17(19,20)21/h2-7H,8H2,1H3. The Bertz CT molecular complexity index is 1140. The zero-order valence-corrected chi connectivity index (χ0v) is 15.8. The molecule has 0 amide bonds. The van der Waals surface area contributed by atoms with Crippen molar-refractivity contribution in [3.05, 3.63) is 58.6 Å². The van der Waals surface area contributed by atoms with Gasteiger partial charge in [0.25, 0.3) is 0 Å². The Kier molecular flexibility index (Phi) is 4.76. The molecule has 144 valence electrons. The van der Waals surface area contributed by atoms with Gasteiger partial charge in [-0.3, -0.25) is 4.40 Å². The summed E-state index contributed by atoms with van der Waals surface area (Å²) in [7, 11) is 0. The maximum atomic E-state index is 13.0. The SMILES string of the molecule is Cc1ccc(-c2nnc(CSc3nnc4c(Cl)cc(C(F)(F)F)cn34)o2)cc1. The highest BCUT2D eigenvalue weighted by Crippen LogP contribution is 2.33. The van der Waals surface area contributed by atoms with Crippen LogP contribution in [0.5, 0.6) is 0 Å². The van der Waals surface area contributed by atoms with Gasteiger partial charge >= 0.3 is 6.18 Å². The van der Waals surface area contributed by atoms with E-state index in [1.54, 1.807) is 0 Å². The Balaban J connectivity index is 1.56. The van der Waals surface area contributed by atoms with E-state index in [9.17, 15) is 13.2 Å². The normalized spacial score (nSPS) is 12.0. The fourth-order valence-electron chi connectivity index (χ4n) is 2.44. The molecular formula is C17H11ClF3N5OS. The minimum Gasteiger partial charge on any atom is -0.420 e. The van der Waals surface area contributed by atoms with E-state index in [2.05, 4.69) is 20.4 Å². The molecule has 4 rings (SSSR count). The van der Waals surface area contributed by atoms with Gasteiger partial charge in [0, 0.05) is 11.8 Å². The molecule has 0 N–H and O–H groups in total. The van der Waals surface area contributed by atoms with Crippen LogP contribution < -0.4 is 0 Å². The number of fused-ring (bicyclic) bond motifs is 1. The van der Waals surface area contributed by atoms with Gasteiger partial charge in [-0.1, -0.05) is 41.1 Å². The fraction of sp³-hybridized carbons (Fsp3) is 0.176. The van der Waals surface area contributed by atoms with Crippen molar-refractivity contribution in [2.75, 3.05) is 0 Å². The summed E-state index contributed by atoms with van der Waals surface area (Å²) in [6.07, 6.45) is -3.62. The molecule has 0 bridgehead atoms. The van der Waals surface area contributed by atoms with Gasteiger partial charge < -0.3 is 4.42 Å². The average Bonchev–Trinajstić information content (AvgIpc) is 3.27. The number of hydrogen-bond acceptors (Lipinski definition) is 6. The molecule has 0 radical (unpaired) electrons. The van der Waals surface area contributed by atoms with E-state index in [4.69, 9.17) is 16.0 Å². The van der Waals surface area contributed by atoms with Crippen LogP contribution in [0, 0.1) is 6.92 Å². The van der Waals surface area contributed by atoms with E-state index in [0.717, 1.165) is 35.2 Å². The van der Waals surface area contributed by atoms with E-state index in [1.165, 1.54) is 4.40 Å². The molecule has 0 unspecified atom stereocenters. The van der Waals surface area contributed by atoms with Gasteiger partial charge in [0.15, 0.2) is 10.8 Å². The predicted molar refractivity (Wildman–Crippen MR) is 97.0 cm³/mol. The number of halogens is 4. The Morgan fingerprint density at radius 1 is 1.11 bits per heavy atom. The van der Waals surface area contributed by atoms with Gasteiger partial charge in [-0.15, -0.1) is 20.4 Å². The summed E-state index contributed by atoms with van der Waals surface area (Å²) >= 11 is 7.02. The van der Waals surface area contributed by atoms with Crippen molar-refractivity contribution >= 4 is 29.0 Å². The maximum Gasteiger partial charge on any atom is 0.417 e. The van der Waals surface area contributed by atoms with Crippen LogP contribution in [-0.2, 0) is 11.9 Å². The fourth-order valence-corrected chi connectivity index (χ4v) is 3.43. The number of thioether (sulfide) groups is 1. The predicted octanol–water partition coefficient (Wildman–Crippen LogP) is 5.05. The van der Waals surface area contributed by atoms with Crippen LogP contribution in [0.15, 0.2) is 46.1 Å². The monoisotopic (exact) mass is 425 g/mol. The molecule has 3 aromatic heterocycles. The number of aromatic nitrogens is 5. The molecule has 3 heterocycles. The van der Waals surface area contributed by atoms with Crippen molar-refractivity contribution in [3.63, 3.8) is 0 Å². The van der Waals surface area contributed by atoms with Crippen LogP contribution in [0.2, 0.25) is 5.02 Å². The summed E-state index contributed by atoms with van der Waals surface area (Å²) < 4.78 is 45.9. The maximum absolute atomic E-state index is 13.0. The number of pyridine rings is 1. The molecule has 0 aliphatic carbocycles. The van der Waals surface area contributed by atoms with Gasteiger partial charge in [-0.05, 0) is 25.1 Å². The summed E-state index contributed by atoms with van der Waals surface area (Å²) in [5, 5.41) is 15.8. The van der Waals surface area contributed by atoms with Crippen molar-refractivity contribution in [3.8, 4) is 11.5 Å². The van der Waals surface area contributed by atoms with Crippen LogP contribution in [0.4, 0.5) is 13.2 Å². The first-order valence-electron chi connectivity index (χ1n) is 7.95. The lowest BCUT2D eigenvalue weighted by Crippen LogP contribution is -2.07. The lowest BCUT2D eigenvalue weighted by Gasteiger charge is -2.08. The van der Waals surface area contributed by atoms with Crippen molar-refractivity contribution in [1.29, 1.82) is 0 Å². The highest BCUT2D eigenvalue weighted by molar-refractivity contribution is 7.98. The van der Waals surface area contributed by atoms with Crippen molar-refractivity contribution < 1.29 is 17.6 Å². The number of rotatable bonds is 4. The lowest BCUT2D eigenvalue weighted by molar-refractivity contribution is -0.137. The van der Waals surface area contributed by atoms with Crippen molar-refractivity contribution in [1.82, 2.24) is 24.8 Å². The van der Waals surface area contributed by atoms with Gasteiger partial charge in [0.2, 0.25) is 11.8 Å². The molecule has 11 heteroatoms. The number of benzene rings is 1. The summed E-state index contributed by atoms with van der Waals surface area (Å²) in [5.74, 6) is 0.896. The largest absolute Gasteiger partial charge is 0.420 e. The van der Waals surface area contributed by atoms with Crippen LogP contribution in [0.3, 0.4) is 0 Å². The van der Waals surface area contributed by atoms with E-state index in [0.29, 0.717) is 11.8 Å². The minimum absolute atomic E-state index is 0.131. The zero-order valence-electron chi connectivity index (χ0n) is 14.2. The van der Waals surface area contributed by atoms with Gasteiger partial charge in [-0.2, -0.15) is 13.2 Å². The first kappa shape index (κ1) is 18.8. The molecule has 0 saturated heterocycles. The van der Waals surface area contributed by atoms with Gasteiger partial charge in [-0.25, -0.2) is 0 Å². The third kappa shape index (κ3) is 3.69. The smallest absolute Gasteiger partial charge is 0.417 e. The molecule has 6 nitrogen and oxygen atoms in total. The lowest BCUT2D eigenvalue weighted by atomic mass is 10.1. The van der Waals surface area contributed by atoms with E-state index in [-0.39, 0.29) is 21.6 Å². The first-order chi connectivity index (χ1) is 13.3. The Morgan fingerprint density at radius 2 is 1.86 bits per heavy atom. The topological polar surface area (TPSA) is 69.1 Å². The summed E-state index contributed by atoms with van der Waals surface area (Å²) in [6, 6.07) is 8.42. The summed E-state index contributed by atoms with van der Waals surface area (Å²) in [6.45, 7) is 1.97. The summed E-state index contributed by atoms with van der Waals surface area (Å²) in [4.78, 5) is 0. The van der Waals surface area contributed by atoms with Crippen LogP contribution in [0.25, 0.3) is 17.1 Å². The molecule has 0 fully saturated rings. The molecule has 0 saturated carbocycles. The number of hydrogen-bond donors (Lipinski definition) is 0. The van der Waals surface area contributed by atoms with Crippen LogP contribution in [0.1, 0.15) is 17.0 Å².